The van der Waals surface area contributed by atoms with Crippen LogP contribution in [0.3, 0.4) is 0 Å². The van der Waals surface area contributed by atoms with Gasteiger partial charge in [0.15, 0.2) is 5.04 Å². The van der Waals surface area contributed by atoms with Crippen molar-refractivity contribution in [3.8, 4) is 5.75 Å². The number of oxime groups is 1. The van der Waals surface area contributed by atoms with Crippen LogP contribution in [0.5, 0.6) is 5.75 Å². The molecule has 0 radical (unpaired) electrons. The number of hydrogen-bond donors (Lipinski definition) is 5. The Kier molecular flexibility index (Phi) is 13.7. The Balaban J connectivity index is 1.72. The van der Waals surface area contributed by atoms with E-state index in [0.717, 1.165) is 42.6 Å². The van der Waals surface area contributed by atoms with Gasteiger partial charge in [0.05, 0.1) is 12.2 Å². The van der Waals surface area contributed by atoms with Gasteiger partial charge in [0.25, 0.3) is 11.3 Å². The van der Waals surface area contributed by atoms with Crippen LogP contribution in [-0.2, 0) is 9.63 Å². The van der Waals surface area contributed by atoms with E-state index in [1.807, 2.05) is 25.1 Å². The average molecular weight is 529 g/mol. The zero-order valence-corrected chi connectivity index (χ0v) is 22.4. The van der Waals surface area contributed by atoms with Gasteiger partial charge in [-0.2, -0.15) is 0 Å². The third-order valence-corrected chi connectivity index (χ3v) is 7.70. The SMILES string of the molecule is Cc1cccc(OCCCCCCCCCCCO)c1C1=NOC(C(=O)NCCC[Si](O)(O)O)S1. The Morgan fingerprint density at radius 1 is 1.06 bits per heavy atom. The summed E-state index contributed by atoms with van der Waals surface area (Å²) in [5.41, 5.74) is 0.975. The van der Waals surface area contributed by atoms with Crippen LogP contribution in [0, 0.1) is 6.92 Å². The molecule has 198 valence electrons. The summed E-state index contributed by atoms with van der Waals surface area (Å²) in [6, 6.07) is 5.67. The molecule has 35 heavy (non-hydrogen) atoms. The van der Waals surface area contributed by atoms with Crippen molar-refractivity contribution >= 4 is 31.5 Å². The first kappa shape index (κ1) is 29.6. The second kappa shape index (κ2) is 16.2. The Morgan fingerprint density at radius 2 is 1.71 bits per heavy atom. The summed E-state index contributed by atoms with van der Waals surface area (Å²) in [6.45, 7) is 3.08. The van der Waals surface area contributed by atoms with Gasteiger partial charge in [0, 0.05) is 19.2 Å². The molecule has 1 atom stereocenters. The van der Waals surface area contributed by atoms with E-state index in [1.54, 1.807) is 0 Å². The van der Waals surface area contributed by atoms with Gasteiger partial charge < -0.3 is 34.4 Å². The van der Waals surface area contributed by atoms with Crippen LogP contribution in [0.2, 0.25) is 6.04 Å². The predicted octanol–water partition coefficient (Wildman–Crippen LogP) is 3.05. The van der Waals surface area contributed by atoms with E-state index >= 15 is 0 Å². The monoisotopic (exact) mass is 528 g/mol. The molecule has 1 amide bonds. The molecular weight excluding hydrogens is 488 g/mol. The van der Waals surface area contributed by atoms with E-state index in [2.05, 4.69) is 10.5 Å². The van der Waals surface area contributed by atoms with E-state index in [0.29, 0.717) is 18.3 Å². The smallest absolute Gasteiger partial charge is 0.492 e. The number of aliphatic hydroxyl groups is 1. The van der Waals surface area contributed by atoms with Gasteiger partial charge in [-0.1, -0.05) is 62.2 Å². The molecule has 1 heterocycles. The van der Waals surface area contributed by atoms with E-state index in [9.17, 15) is 4.79 Å². The maximum Gasteiger partial charge on any atom is 0.492 e. The van der Waals surface area contributed by atoms with Crippen molar-refractivity contribution in [2.45, 2.75) is 82.6 Å². The van der Waals surface area contributed by atoms with Crippen LogP contribution in [0.15, 0.2) is 23.4 Å². The van der Waals surface area contributed by atoms with Crippen molar-refractivity contribution < 1.29 is 33.9 Å². The number of carbonyl (C=O) groups excluding carboxylic acids is 1. The summed E-state index contributed by atoms with van der Waals surface area (Å²) in [5, 5.41) is 16.2. The molecule has 1 aromatic carbocycles. The lowest BCUT2D eigenvalue weighted by Gasteiger charge is -2.13. The van der Waals surface area contributed by atoms with E-state index in [1.165, 1.54) is 43.9 Å². The van der Waals surface area contributed by atoms with Gasteiger partial charge in [-0.15, -0.1) is 0 Å². The Morgan fingerprint density at radius 3 is 2.37 bits per heavy atom. The van der Waals surface area contributed by atoms with Crippen LogP contribution >= 0.6 is 11.8 Å². The number of ether oxygens (including phenoxy) is 1. The number of rotatable bonds is 18. The van der Waals surface area contributed by atoms with Gasteiger partial charge in [0.1, 0.15) is 5.75 Å². The van der Waals surface area contributed by atoms with Gasteiger partial charge in [-0.25, -0.2) is 0 Å². The van der Waals surface area contributed by atoms with Gasteiger partial charge in [0.2, 0.25) is 0 Å². The van der Waals surface area contributed by atoms with Crippen LogP contribution in [0.25, 0.3) is 0 Å². The number of benzene rings is 1. The fourth-order valence-electron chi connectivity index (χ4n) is 3.74. The number of unbranched alkanes of at least 4 members (excludes halogenated alkanes) is 8. The Hall–Kier alpha value is -1.63. The number of aryl methyl sites for hydroxylation is 1. The first-order valence-electron chi connectivity index (χ1n) is 12.5. The molecular formula is C24H40N2O7SSi. The fourth-order valence-corrected chi connectivity index (χ4v) is 5.33. The van der Waals surface area contributed by atoms with E-state index in [-0.39, 0.29) is 24.9 Å². The number of nitrogens with zero attached hydrogens (tertiary/aromatic N) is 1. The lowest BCUT2D eigenvalue weighted by atomic mass is 10.1. The van der Waals surface area contributed by atoms with Crippen molar-refractivity contribution in [3.05, 3.63) is 29.3 Å². The quantitative estimate of drug-likeness (QED) is 0.145. The van der Waals surface area contributed by atoms with Crippen LogP contribution in [0.4, 0.5) is 0 Å². The summed E-state index contributed by atoms with van der Waals surface area (Å²) in [5.74, 6) is 0.360. The highest BCUT2D eigenvalue weighted by Crippen LogP contribution is 2.34. The number of aliphatic hydroxyl groups excluding tert-OH is 1. The third-order valence-electron chi connectivity index (χ3n) is 5.66. The lowest BCUT2D eigenvalue weighted by Crippen LogP contribution is -2.37. The minimum absolute atomic E-state index is 0.136. The molecule has 0 bridgehead atoms. The Bertz CT molecular complexity index is 805. The minimum atomic E-state index is -4.09. The molecule has 9 nitrogen and oxygen atoms in total. The average Bonchev–Trinajstić information content (AvgIpc) is 3.29. The zero-order chi connectivity index (χ0) is 25.5. The number of nitrogens with one attached hydrogen (secondary N) is 1. The zero-order valence-electron chi connectivity index (χ0n) is 20.6. The van der Waals surface area contributed by atoms with Crippen molar-refractivity contribution in [1.82, 2.24) is 5.32 Å². The van der Waals surface area contributed by atoms with Gasteiger partial charge >= 0.3 is 8.80 Å². The second-order valence-electron chi connectivity index (χ2n) is 8.82. The fraction of sp³-hybridized carbons (Fsp3) is 0.667. The molecule has 0 spiro atoms. The van der Waals surface area contributed by atoms with Gasteiger partial charge in [-0.3, -0.25) is 4.79 Å². The number of carbonyl (C=O) groups is 1. The maximum atomic E-state index is 12.4. The summed E-state index contributed by atoms with van der Waals surface area (Å²) < 4.78 is 6.07. The number of hydrogen-bond acceptors (Lipinski definition) is 9. The first-order chi connectivity index (χ1) is 16.8. The maximum absolute atomic E-state index is 12.4. The molecule has 0 aliphatic carbocycles. The largest absolute Gasteiger partial charge is 0.493 e. The molecule has 2 rings (SSSR count). The van der Waals surface area contributed by atoms with E-state index < -0.39 is 14.2 Å². The molecule has 0 saturated carbocycles. The first-order valence-corrected chi connectivity index (χ1v) is 15.4. The standard InChI is InChI=1S/C24H40N2O7SSi/c1-19-13-11-14-20(32-17-10-8-6-4-2-3-5-7-9-16-27)21(19)23-26-33-24(34-23)22(28)25-15-12-18-35(29,30)31/h11,13-14,24,27,29-31H,2-10,12,15-18H2,1H3,(H,25,28). The van der Waals surface area contributed by atoms with Crippen LogP contribution < -0.4 is 10.1 Å². The van der Waals surface area contributed by atoms with Crippen LogP contribution in [0.1, 0.15) is 75.3 Å². The molecule has 5 N–H and O–H groups in total. The highest BCUT2D eigenvalue weighted by atomic mass is 32.2. The summed E-state index contributed by atoms with van der Waals surface area (Å²) in [7, 11) is -4.09. The predicted molar refractivity (Wildman–Crippen MR) is 139 cm³/mol. The lowest BCUT2D eigenvalue weighted by molar-refractivity contribution is -0.127. The summed E-state index contributed by atoms with van der Waals surface area (Å²) >= 11 is 1.21. The number of thioether (sulfide) groups is 1. The van der Waals surface area contributed by atoms with Crippen molar-refractivity contribution in [2.75, 3.05) is 19.8 Å². The van der Waals surface area contributed by atoms with Crippen molar-refractivity contribution in [3.63, 3.8) is 0 Å². The minimum Gasteiger partial charge on any atom is -0.493 e. The molecule has 1 aliphatic heterocycles. The second-order valence-corrected chi connectivity index (χ2v) is 11.9. The molecule has 0 saturated heterocycles. The highest BCUT2D eigenvalue weighted by molar-refractivity contribution is 8.15. The van der Waals surface area contributed by atoms with E-state index in [4.69, 9.17) is 29.1 Å². The normalized spacial score (nSPS) is 15.6. The molecule has 1 unspecified atom stereocenters. The number of amides is 1. The highest BCUT2D eigenvalue weighted by Gasteiger charge is 2.32. The molecule has 1 aliphatic rings. The third kappa shape index (κ3) is 11.8. The Labute approximate surface area is 213 Å². The van der Waals surface area contributed by atoms with Gasteiger partial charge in [-0.05, 0) is 49.6 Å². The summed E-state index contributed by atoms with van der Waals surface area (Å²) in [4.78, 5) is 44.8. The topological polar surface area (TPSA) is 141 Å². The molecule has 0 aromatic heterocycles. The molecule has 1 aromatic rings. The summed E-state index contributed by atoms with van der Waals surface area (Å²) in [6.07, 6.45) is 10.5. The molecule has 11 heteroatoms. The van der Waals surface area contributed by atoms with Crippen LogP contribution in [-0.4, -0.2) is 64.4 Å². The molecule has 0 fully saturated rings. The van der Waals surface area contributed by atoms with Crippen molar-refractivity contribution in [2.24, 2.45) is 5.16 Å². The van der Waals surface area contributed by atoms with Crippen molar-refractivity contribution in [1.29, 1.82) is 0 Å².